The lowest BCUT2D eigenvalue weighted by atomic mass is 10.1. The minimum atomic E-state index is -4.48. The minimum absolute atomic E-state index is 0.0890. The van der Waals surface area contributed by atoms with Crippen LogP contribution in [0.1, 0.15) is 19.5 Å². The lowest BCUT2D eigenvalue weighted by molar-refractivity contribution is -0.147. The number of nitrogens with zero attached hydrogens (tertiary/aromatic N) is 1. The SMILES string of the molecule is CC1(C)[C@H](/C=C(\Br)C(F)(F)F)[C@@H]1C(=O)OCc1cccc(Oc2ccccc2)n1. The van der Waals surface area contributed by atoms with Crippen molar-refractivity contribution in [1.82, 2.24) is 4.98 Å². The van der Waals surface area contributed by atoms with Gasteiger partial charge in [-0.1, -0.05) is 44.2 Å². The van der Waals surface area contributed by atoms with Crippen molar-refractivity contribution in [3.05, 3.63) is 64.8 Å². The molecule has 0 amide bonds. The molecule has 1 saturated carbocycles. The maximum atomic E-state index is 12.7. The summed E-state index contributed by atoms with van der Waals surface area (Å²) in [5.41, 5.74) is -0.124. The van der Waals surface area contributed by atoms with Gasteiger partial charge < -0.3 is 9.47 Å². The topological polar surface area (TPSA) is 48.4 Å². The molecule has 4 nitrogen and oxygen atoms in total. The number of pyridine rings is 1. The van der Waals surface area contributed by atoms with Crippen LogP contribution in [0.3, 0.4) is 0 Å². The van der Waals surface area contributed by atoms with Crippen LogP contribution < -0.4 is 4.74 Å². The van der Waals surface area contributed by atoms with Gasteiger partial charge in [-0.3, -0.25) is 4.79 Å². The molecule has 0 spiro atoms. The molecule has 0 unspecified atom stereocenters. The maximum Gasteiger partial charge on any atom is 0.422 e. The predicted molar refractivity (Wildman–Crippen MR) is 104 cm³/mol. The molecule has 154 valence electrons. The van der Waals surface area contributed by atoms with Crippen molar-refractivity contribution in [3.63, 3.8) is 0 Å². The van der Waals surface area contributed by atoms with Gasteiger partial charge in [-0.15, -0.1) is 0 Å². The van der Waals surface area contributed by atoms with Crippen molar-refractivity contribution in [3.8, 4) is 11.6 Å². The van der Waals surface area contributed by atoms with Gasteiger partial charge >= 0.3 is 12.1 Å². The van der Waals surface area contributed by atoms with Crippen molar-refractivity contribution in [2.45, 2.75) is 26.6 Å². The number of alkyl halides is 3. The molecule has 0 radical (unpaired) electrons. The summed E-state index contributed by atoms with van der Waals surface area (Å²) in [5, 5.41) is 0. The summed E-state index contributed by atoms with van der Waals surface area (Å²) in [6.07, 6.45) is -3.44. The van der Waals surface area contributed by atoms with E-state index >= 15 is 0 Å². The third kappa shape index (κ3) is 5.18. The van der Waals surface area contributed by atoms with Gasteiger partial charge in [0.1, 0.15) is 12.4 Å². The zero-order valence-corrected chi connectivity index (χ0v) is 17.3. The van der Waals surface area contributed by atoms with Gasteiger partial charge in [0.05, 0.1) is 16.1 Å². The number of ether oxygens (including phenoxy) is 2. The Kier molecular flexibility index (Phi) is 6.03. The van der Waals surface area contributed by atoms with Gasteiger partial charge in [-0.05, 0) is 45.5 Å². The number of benzene rings is 1. The molecule has 1 aromatic heterocycles. The van der Waals surface area contributed by atoms with Crippen LogP contribution in [0.25, 0.3) is 0 Å². The number of halogens is 4. The first-order chi connectivity index (χ1) is 13.6. The number of hydrogen-bond acceptors (Lipinski definition) is 4. The van der Waals surface area contributed by atoms with E-state index in [4.69, 9.17) is 9.47 Å². The summed E-state index contributed by atoms with van der Waals surface area (Å²) < 4.78 is 48.3. The zero-order valence-electron chi connectivity index (χ0n) is 15.7. The fourth-order valence-electron chi connectivity index (χ4n) is 3.13. The Bertz CT molecular complexity index is 913. The number of allylic oxidation sites excluding steroid dienone is 2. The zero-order chi connectivity index (χ0) is 21.2. The van der Waals surface area contributed by atoms with Crippen molar-refractivity contribution < 1.29 is 27.4 Å². The van der Waals surface area contributed by atoms with Crippen LogP contribution >= 0.6 is 15.9 Å². The van der Waals surface area contributed by atoms with E-state index in [2.05, 4.69) is 20.9 Å². The van der Waals surface area contributed by atoms with Gasteiger partial charge in [0, 0.05) is 6.07 Å². The highest BCUT2D eigenvalue weighted by molar-refractivity contribution is 9.11. The van der Waals surface area contributed by atoms with E-state index in [1.165, 1.54) is 0 Å². The Hall–Kier alpha value is -2.35. The Morgan fingerprint density at radius 1 is 1.17 bits per heavy atom. The number of carbonyl (C=O) groups is 1. The van der Waals surface area contributed by atoms with Crippen LogP contribution in [0.2, 0.25) is 0 Å². The second-order valence-corrected chi connectivity index (χ2v) is 8.18. The molecule has 1 aliphatic carbocycles. The van der Waals surface area contributed by atoms with E-state index in [-0.39, 0.29) is 6.61 Å². The van der Waals surface area contributed by atoms with Gasteiger partial charge in [0.2, 0.25) is 5.88 Å². The average molecular weight is 470 g/mol. The number of para-hydroxylation sites is 1. The summed E-state index contributed by atoms with van der Waals surface area (Å²) in [4.78, 5) is 16.7. The number of aromatic nitrogens is 1. The fourth-order valence-corrected chi connectivity index (χ4v) is 3.41. The number of carbonyl (C=O) groups excluding carboxylic acids is 1. The molecule has 0 N–H and O–H groups in total. The van der Waals surface area contributed by atoms with E-state index in [1.807, 2.05) is 18.2 Å². The van der Waals surface area contributed by atoms with Gasteiger partial charge in [-0.25, -0.2) is 4.98 Å². The summed E-state index contributed by atoms with van der Waals surface area (Å²) >= 11 is 2.54. The van der Waals surface area contributed by atoms with Crippen LogP contribution in [0.5, 0.6) is 11.6 Å². The highest BCUT2D eigenvalue weighted by Gasteiger charge is 2.62. The van der Waals surface area contributed by atoms with Crippen molar-refractivity contribution in [2.24, 2.45) is 17.3 Å². The average Bonchev–Trinajstić information content (AvgIpc) is 3.20. The lowest BCUT2D eigenvalue weighted by Gasteiger charge is -2.08. The third-order valence-electron chi connectivity index (χ3n) is 4.87. The molecule has 8 heteroatoms. The Morgan fingerprint density at radius 2 is 1.86 bits per heavy atom. The normalized spacial score (nSPS) is 20.8. The molecule has 0 aliphatic heterocycles. The van der Waals surface area contributed by atoms with E-state index < -0.39 is 33.9 Å². The van der Waals surface area contributed by atoms with Gasteiger partial charge in [0.25, 0.3) is 0 Å². The number of esters is 1. The minimum Gasteiger partial charge on any atom is -0.459 e. The Morgan fingerprint density at radius 3 is 2.52 bits per heavy atom. The molecule has 1 heterocycles. The van der Waals surface area contributed by atoms with Crippen LogP contribution in [-0.4, -0.2) is 17.1 Å². The summed E-state index contributed by atoms with van der Waals surface area (Å²) in [7, 11) is 0. The first-order valence-corrected chi connectivity index (χ1v) is 9.68. The Labute approximate surface area is 174 Å². The van der Waals surface area contributed by atoms with Crippen molar-refractivity contribution >= 4 is 21.9 Å². The molecule has 1 fully saturated rings. The van der Waals surface area contributed by atoms with E-state index in [1.54, 1.807) is 44.2 Å². The summed E-state index contributed by atoms with van der Waals surface area (Å²) in [6.45, 7) is 3.39. The molecule has 0 saturated heterocycles. The second-order valence-electron chi connectivity index (χ2n) is 7.33. The van der Waals surface area contributed by atoms with Gasteiger partial charge in [-0.2, -0.15) is 13.2 Å². The van der Waals surface area contributed by atoms with Crippen LogP contribution in [0.15, 0.2) is 59.1 Å². The molecule has 3 rings (SSSR count). The lowest BCUT2D eigenvalue weighted by Crippen LogP contribution is -2.11. The largest absolute Gasteiger partial charge is 0.459 e. The van der Waals surface area contributed by atoms with E-state index in [0.29, 0.717) is 17.3 Å². The van der Waals surface area contributed by atoms with E-state index in [9.17, 15) is 18.0 Å². The second kappa shape index (κ2) is 8.18. The van der Waals surface area contributed by atoms with Gasteiger partial charge in [0.15, 0.2) is 0 Å². The molecule has 2 atom stereocenters. The monoisotopic (exact) mass is 469 g/mol. The Balaban J connectivity index is 1.60. The van der Waals surface area contributed by atoms with Crippen molar-refractivity contribution in [1.29, 1.82) is 0 Å². The first-order valence-electron chi connectivity index (χ1n) is 8.89. The molecular formula is C21H19BrF3NO3. The van der Waals surface area contributed by atoms with Crippen LogP contribution in [0.4, 0.5) is 13.2 Å². The highest BCUT2D eigenvalue weighted by Crippen LogP contribution is 2.60. The van der Waals surface area contributed by atoms with E-state index in [0.717, 1.165) is 6.08 Å². The fraction of sp³-hybridized carbons (Fsp3) is 0.333. The molecule has 1 aromatic carbocycles. The third-order valence-corrected chi connectivity index (χ3v) is 5.58. The number of rotatable bonds is 6. The van der Waals surface area contributed by atoms with Crippen LogP contribution in [-0.2, 0) is 16.1 Å². The smallest absolute Gasteiger partial charge is 0.422 e. The highest BCUT2D eigenvalue weighted by atomic mass is 79.9. The molecule has 29 heavy (non-hydrogen) atoms. The molecule has 1 aliphatic rings. The van der Waals surface area contributed by atoms with Crippen molar-refractivity contribution in [2.75, 3.05) is 0 Å². The summed E-state index contributed by atoms with van der Waals surface area (Å²) in [6, 6.07) is 14.2. The first kappa shape index (κ1) is 21.4. The number of hydrogen-bond donors (Lipinski definition) is 0. The van der Waals surface area contributed by atoms with Crippen LogP contribution in [0, 0.1) is 17.3 Å². The molecular weight excluding hydrogens is 451 g/mol. The quantitative estimate of drug-likeness (QED) is 0.484. The maximum absolute atomic E-state index is 12.7. The predicted octanol–water partition coefficient (Wildman–Crippen LogP) is 6.03. The molecule has 0 bridgehead atoms. The molecule has 2 aromatic rings. The standard InChI is InChI=1S/C21H19BrF3NO3/c1-20(2)15(11-16(22)21(23,24)25)18(20)19(27)28-12-13-7-6-10-17(26-13)29-14-8-4-3-5-9-14/h3-11,15,18H,12H2,1-2H3/b16-11-/t15-,18-/m1/s1. The summed E-state index contributed by atoms with van der Waals surface area (Å²) in [5.74, 6) is -0.757.